The molecule has 18 heavy (non-hydrogen) atoms. The van der Waals surface area contributed by atoms with E-state index in [9.17, 15) is 9.90 Å². The highest BCUT2D eigenvalue weighted by Crippen LogP contribution is 2.28. The molecule has 0 aliphatic carbocycles. The van der Waals surface area contributed by atoms with Crippen molar-refractivity contribution in [2.24, 2.45) is 5.92 Å². The first-order valence-electron chi connectivity index (χ1n) is 6.52. The van der Waals surface area contributed by atoms with Crippen molar-refractivity contribution in [3.05, 3.63) is 35.9 Å². The molecule has 2 unspecified atom stereocenters. The van der Waals surface area contributed by atoms with Gasteiger partial charge in [0.15, 0.2) is 0 Å². The van der Waals surface area contributed by atoms with E-state index in [4.69, 9.17) is 0 Å². The number of hydrogen-bond acceptors (Lipinski definition) is 1. The Kier molecular flexibility index (Phi) is 7.02. The Balaban J connectivity index is 2.71. The van der Waals surface area contributed by atoms with Gasteiger partial charge in [0.05, 0.1) is 5.92 Å². The molecule has 1 rings (SSSR count). The van der Waals surface area contributed by atoms with E-state index >= 15 is 0 Å². The lowest BCUT2D eigenvalue weighted by molar-refractivity contribution is -0.139. The largest absolute Gasteiger partial charge is 0.481 e. The van der Waals surface area contributed by atoms with Gasteiger partial charge >= 0.3 is 5.97 Å². The average Bonchev–Trinajstić information content (AvgIpc) is 2.39. The Morgan fingerprint density at radius 1 is 1.33 bits per heavy atom. The van der Waals surface area contributed by atoms with Crippen LogP contribution in [0.4, 0.5) is 0 Å². The number of carbonyl (C=O) groups is 1. The quantitative estimate of drug-likeness (QED) is 0.720. The van der Waals surface area contributed by atoms with Crippen LogP contribution in [0.15, 0.2) is 30.3 Å². The van der Waals surface area contributed by atoms with Gasteiger partial charge in [0.1, 0.15) is 0 Å². The van der Waals surface area contributed by atoms with Crippen LogP contribution in [-0.2, 0) is 4.79 Å². The second-order valence-corrected chi connectivity index (χ2v) is 5.35. The molecule has 0 heterocycles. The Morgan fingerprint density at radius 3 is 2.50 bits per heavy atom. The zero-order chi connectivity index (χ0) is 13.4. The normalized spacial score (nSPS) is 14.1. The van der Waals surface area contributed by atoms with Crippen molar-refractivity contribution in [2.45, 2.75) is 38.5 Å². The topological polar surface area (TPSA) is 37.3 Å². The molecule has 1 N–H and O–H groups in total. The summed E-state index contributed by atoms with van der Waals surface area (Å²) in [5.74, 6) is -0.666. The van der Waals surface area contributed by atoms with Crippen LogP contribution >= 0.6 is 15.9 Å². The van der Waals surface area contributed by atoms with Gasteiger partial charge in [-0.1, -0.05) is 66.0 Å². The standard InChI is InChI=1S/C15H21BrO2/c1-2-3-7-12(11-16)10-14(15(17)18)13-8-5-4-6-9-13/h4-6,8-9,12,14H,2-3,7,10-11H2,1H3,(H,17,18). The van der Waals surface area contributed by atoms with E-state index in [0.717, 1.165) is 30.2 Å². The Morgan fingerprint density at radius 2 is 2.00 bits per heavy atom. The number of carboxylic acid groups (broad SMARTS) is 1. The maximum Gasteiger partial charge on any atom is 0.310 e. The van der Waals surface area contributed by atoms with Crippen LogP contribution in [-0.4, -0.2) is 16.4 Å². The lowest BCUT2D eigenvalue weighted by Gasteiger charge is -2.19. The van der Waals surface area contributed by atoms with E-state index < -0.39 is 5.97 Å². The monoisotopic (exact) mass is 312 g/mol. The van der Waals surface area contributed by atoms with Gasteiger partial charge in [0, 0.05) is 5.33 Å². The highest BCUT2D eigenvalue weighted by Gasteiger charge is 2.23. The molecule has 0 spiro atoms. The van der Waals surface area contributed by atoms with Crippen molar-refractivity contribution >= 4 is 21.9 Å². The highest BCUT2D eigenvalue weighted by molar-refractivity contribution is 9.09. The fraction of sp³-hybridized carbons (Fsp3) is 0.533. The summed E-state index contributed by atoms with van der Waals surface area (Å²) < 4.78 is 0. The molecule has 0 amide bonds. The lowest BCUT2D eigenvalue weighted by atomic mass is 9.87. The number of rotatable bonds is 8. The van der Waals surface area contributed by atoms with E-state index in [0.29, 0.717) is 12.3 Å². The zero-order valence-electron chi connectivity index (χ0n) is 10.8. The minimum atomic E-state index is -0.719. The average molecular weight is 313 g/mol. The minimum absolute atomic E-state index is 0.384. The number of carboxylic acids is 1. The number of alkyl halides is 1. The summed E-state index contributed by atoms with van der Waals surface area (Å²) >= 11 is 3.50. The van der Waals surface area contributed by atoms with E-state index in [1.807, 2.05) is 30.3 Å². The zero-order valence-corrected chi connectivity index (χ0v) is 12.4. The van der Waals surface area contributed by atoms with E-state index in [-0.39, 0.29) is 5.92 Å². The molecule has 0 saturated carbocycles. The summed E-state index contributed by atoms with van der Waals surface area (Å²) in [6.45, 7) is 2.16. The third kappa shape index (κ3) is 4.81. The van der Waals surface area contributed by atoms with Crippen molar-refractivity contribution in [3.8, 4) is 0 Å². The molecule has 0 aliphatic heterocycles. The fourth-order valence-corrected chi connectivity index (χ4v) is 2.74. The number of hydrogen-bond donors (Lipinski definition) is 1. The van der Waals surface area contributed by atoms with Gasteiger partial charge in [-0.25, -0.2) is 0 Å². The first-order chi connectivity index (χ1) is 8.69. The number of unbranched alkanes of at least 4 members (excludes halogenated alkanes) is 1. The van der Waals surface area contributed by atoms with Crippen LogP contribution < -0.4 is 0 Å². The van der Waals surface area contributed by atoms with Crippen LogP contribution in [0.2, 0.25) is 0 Å². The molecular formula is C15H21BrO2. The molecule has 0 radical (unpaired) electrons. The summed E-state index contributed by atoms with van der Waals surface area (Å²) in [4.78, 5) is 11.4. The molecule has 0 aromatic heterocycles. The molecule has 2 nitrogen and oxygen atoms in total. The third-order valence-corrected chi connectivity index (χ3v) is 4.17. The van der Waals surface area contributed by atoms with Crippen LogP contribution in [0, 0.1) is 5.92 Å². The predicted octanol–water partition coefficient (Wildman–Crippen LogP) is 4.45. The first kappa shape index (κ1) is 15.2. The van der Waals surface area contributed by atoms with Gasteiger partial charge in [-0.3, -0.25) is 4.79 Å². The van der Waals surface area contributed by atoms with Gasteiger partial charge in [0.25, 0.3) is 0 Å². The maximum atomic E-state index is 11.4. The van der Waals surface area contributed by atoms with E-state index in [1.165, 1.54) is 0 Å². The molecule has 3 heteroatoms. The van der Waals surface area contributed by atoms with Gasteiger partial charge in [0.2, 0.25) is 0 Å². The summed E-state index contributed by atoms with van der Waals surface area (Å²) in [6.07, 6.45) is 4.13. The molecule has 0 fully saturated rings. The SMILES string of the molecule is CCCCC(CBr)CC(C(=O)O)c1ccccc1. The Hall–Kier alpha value is -0.830. The minimum Gasteiger partial charge on any atom is -0.481 e. The number of benzene rings is 1. The number of aliphatic carboxylic acids is 1. The van der Waals surface area contributed by atoms with Gasteiger partial charge < -0.3 is 5.11 Å². The second kappa shape index (κ2) is 8.30. The van der Waals surface area contributed by atoms with Crippen molar-refractivity contribution in [1.82, 2.24) is 0 Å². The third-order valence-electron chi connectivity index (χ3n) is 3.25. The van der Waals surface area contributed by atoms with Crippen molar-refractivity contribution in [1.29, 1.82) is 0 Å². The molecule has 2 atom stereocenters. The van der Waals surface area contributed by atoms with Gasteiger partial charge in [-0.05, 0) is 24.3 Å². The number of halogens is 1. The first-order valence-corrected chi connectivity index (χ1v) is 7.64. The maximum absolute atomic E-state index is 11.4. The van der Waals surface area contributed by atoms with Crippen molar-refractivity contribution in [3.63, 3.8) is 0 Å². The van der Waals surface area contributed by atoms with Crippen LogP contribution in [0.3, 0.4) is 0 Å². The summed E-state index contributed by atoms with van der Waals surface area (Å²) in [6, 6.07) is 9.54. The Labute approximate surface area is 118 Å². The molecule has 0 bridgehead atoms. The van der Waals surface area contributed by atoms with Gasteiger partial charge in [-0.15, -0.1) is 0 Å². The van der Waals surface area contributed by atoms with Crippen LogP contribution in [0.5, 0.6) is 0 Å². The molecule has 1 aromatic rings. The smallest absolute Gasteiger partial charge is 0.310 e. The molecule has 0 aliphatic rings. The van der Waals surface area contributed by atoms with Crippen LogP contribution in [0.1, 0.15) is 44.1 Å². The molecule has 1 aromatic carbocycles. The molecule has 100 valence electrons. The fourth-order valence-electron chi connectivity index (χ4n) is 2.15. The van der Waals surface area contributed by atoms with E-state index in [2.05, 4.69) is 22.9 Å². The van der Waals surface area contributed by atoms with Gasteiger partial charge in [-0.2, -0.15) is 0 Å². The molecule has 0 saturated heterocycles. The Bertz CT molecular complexity index is 351. The summed E-state index contributed by atoms with van der Waals surface area (Å²) in [5.41, 5.74) is 0.910. The highest BCUT2D eigenvalue weighted by atomic mass is 79.9. The van der Waals surface area contributed by atoms with E-state index in [1.54, 1.807) is 0 Å². The van der Waals surface area contributed by atoms with Crippen LogP contribution in [0.25, 0.3) is 0 Å². The lowest BCUT2D eigenvalue weighted by Crippen LogP contribution is -2.17. The summed E-state index contributed by atoms with van der Waals surface area (Å²) in [7, 11) is 0. The van der Waals surface area contributed by atoms with Crippen molar-refractivity contribution < 1.29 is 9.90 Å². The summed E-state index contributed by atoms with van der Waals surface area (Å²) in [5, 5.41) is 10.3. The molecular weight excluding hydrogens is 292 g/mol. The predicted molar refractivity (Wildman–Crippen MR) is 78.2 cm³/mol. The second-order valence-electron chi connectivity index (χ2n) is 4.70. The van der Waals surface area contributed by atoms with Crippen molar-refractivity contribution in [2.75, 3.05) is 5.33 Å².